The highest BCUT2D eigenvalue weighted by atomic mass is 19.4. The van der Waals surface area contributed by atoms with E-state index in [-0.39, 0.29) is 13.0 Å². The lowest BCUT2D eigenvalue weighted by Gasteiger charge is -2.28. The second kappa shape index (κ2) is 10.9. The molecule has 2 aliphatic heterocycles. The maximum absolute atomic E-state index is 12.4. The number of urea groups is 1. The number of hydrogen-bond acceptors (Lipinski definition) is 4. The van der Waals surface area contributed by atoms with E-state index in [1.807, 2.05) is 17.9 Å². The average Bonchev–Trinajstić information content (AvgIpc) is 3.29. The number of anilines is 2. The first kappa shape index (κ1) is 24.8. The second-order valence-corrected chi connectivity index (χ2v) is 8.39. The number of ether oxygens (including phenoxy) is 1. The van der Waals surface area contributed by atoms with Crippen molar-refractivity contribution in [1.82, 2.24) is 9.88 Å². The summed E-state index contributed by atoms with van der Waals surface area (Å²) >= 11 is 0. The van der Waals surface area contributed by atoms with E-state index in [2.05, 4.69) is 41.4 Å². The van der Waals surface area contributed by atoms with Gasteiger partial charge < -0.3 is 19.9 Å². The molecule has 0 aliphatic carbocycles. The Labute approximate surface area is 192 Å². The molecule has 2 aliphatic rings. The zero-order chi connectivity index (χ0) is 24.0. The van der Waals surface area contributed by atoms with Crippen molar-refractivity contribution in [3.8, 4) is 11.1 Å². The van der Waals surface area contributed by atoms with Crippen LogP contribution in [0.4, 0.5) is 29.5 Å². The van der Waals surface area contributed by atoms with E-state index >= 15 is 0 Å². The molecule has 2 aromatic rings. The molecule has 6 nitrogen and oxygen atoms in total. The zero-order valence-corrected chi connectivity index (χ0v) is 19.3. The molecule has 1 aromatic carbocycles. The highest BCUT2D eigenvalue weighted by Crippen LogP contribution is 2.30. The number of carbonyl (C=O) groups excluding carboxylic acids is 1. The second-order valence-electron chi connectivity index (χ2n) is 8.39. The van der Waals surface area contributed by atoms with Gasteiger partial charge >= 0.3 is 12.2 Å². The van der Waals surface area contributed by atoms with Crippen LogP contribution in [0.1, 0.15) is 31.0 Å². The Morgan fingerprint density at radius 1 is 1.03 bits per heavy atom. The van der Waals surface area contributed by atoms with Crippen LogP contribution in [0.2, 0.25) is 0 Å². The van der Waals surface area contributed by atoms with Gasteiger partial charge in [0.15, 0.2) is 0 Å². The summed E-state index contributed by atoms with van der Waals surface area (Å²) in [5.41, 5.74) is 5.26. The molecule has 4 rings (SSSR count). The molecule has 0 atom stereocenters. The number of amides is 2. The molecule has 9 heteroatoms. The van der Waals surface area contributed by atoms with Crippen LogP contribution in [0.5, 0.6) is 0 Å². The van der Waals surface area contributed by atoms with Crippen LogP contribution in [-0.4, -0.2) is 61.5 Å². The van der Waals surface area contributed by atoms with Crippen molar-refractivity contribution in [1.29, 1.82) is 0 Å². The number of hydrogen-bond donors (Lipinski definition) is 1. The predicted molar refractivity (Wildman–Crippen MR) is 124 cm³/mol. The van der Waals surface area contributed by atoms with Crippen LogP contribution in [0.15, 0.2) is 30.3 Å². The van der Waals surface area contributed by atoms with Crippen LogP contribution in [0.3, 0.4) is 0 Å². The van der Waals surface area contributed by atoms with E-state index in [0.717, 1.165) is 80.6 Å². The van der Waals surface area contributed by atoms with Crippen molar-refractivity contribution in [2.75, 3.05) is 49.6 Å². The maximum atomic E-state index is 12.4. The summed E-state index contributed by atoms with van der Waals surface area (Å²) in [6, 6.07) is 10.4. The van der Waals surface area contributed by atoms with Gasteiger partial charge in [-0.15, -0.1) is 0 Å². The lowest BCUT2D eigenvalue weighted by molar-refractivity contribution is -0.110. The molecule has 0 radical (unpaired) electrons. The van der Waals surface area contributed by atoms with E-state index in [4.69, 9.17) is 9.72 Å². The van der Waals surface area contributed by atoms with E-state index < -0.39 is 6.18 Å². The molecule has 1 N–H and O–H groups in total. The minimum atomic E-state index is -4.00. The molecule has 0 bridgehead atoms. The highest BCUT2D eigenvalue weighted by molar-refractivity contribution is 5.90. The SMILES string of the molecule is CC(F)(F)F.Cc1cc(-c2cc(NC(=O)N3CCCC3)ccc2C)cc(N2CCOCC2)n1. The molecule has 0 spiro atoms. The number of rotatable bonds is 3. The van der Waals surface area contributed by atoms with Gasteiger partial charge in [-0.25, -0.2) is 9.78 Å². The zero-order valence-electron chi connectivity index (χ0n) is 19.3. The van der Waals surface area contributed by atoms with E-state index in [9.17, 15) is 18.0 Å². The van der Waals surface area contributed by atoms with Crippen LogP contribution in [-0.2, 0) is 4.74 Å². The predicted octanol–water partition coefficient (Wildman–Crippen LogP) is 5.40. The lowest BCUT2D eigenvalue weighted by atomic mass is 9.99. The average molecular weight is 465 g/mol. The third-order valence-electron chi connectivity index (χ3n) is 5.47. The minimum Gasteiger partial charge on any atom is -0.378 e. The summed E-state index contributed by atoms with van der Waals surface area (Å²) in [7, 11) is 0. The lowest BCUT2D eigenvalue weighted by Crippen LogP contribution is -2.36. The van der Waals surface area contributed by atoms with Gasteiger partial charge in [-0.2, -0.15) is 13.2 Å². The van der Waals surface area contributed by atoms with Crippen LogP contribution in [0, 0.1) is 13.8 Å². The summed E-state index contributed by atoms with van der Waals surface area (Å²) in [6.07, 6.45) is -1.82. The summed E-state index contributed by atoms with van der Waals surface area (Å²) in [6.45, 7) is 9.21. The van der Waals surface area contributed by atoms with Gasteiger partial charge in [0.2, 0.25) is 0 Å². The number of pyridine rings is 1. The number of aryl methyl sites for hydroxylation is 2. The van der Waals surface area contributed by atoms with E-state index in [1.54, 1.807) is 0 Å². The van der Waals surface area contributed by atoms with Crippen LogP contribution < -0.4 is 10.2 Å². The smallest absolute Gasteiger partial charge is 0.378 e. The van der Waals surface area contributed by atoms with Crippen molar-refractivity contribution >= 4 is 17.5 Å². The monoisotopic (exact) mass is 464 g/mol. The number of alkyl halides is 3. The van der Waals surface area contributed by atoms with Crippen LogP contribution in [0.25, 0.3) is 11.1 Å². The Morgan fingerprint density at radius 3 is 2.30 bits per heavy atom. The van der Waals surface area contributed by atoms with Crippen molar-refractivity contribution < 1.29 is 22.7 Å². The number of aromatic nitrogens is 1. The van der Waals surface area contributed by atoms with E-state index in [1.165, 1.54) is 5.56 Å². The molecular weight excluding hydrogens is 433 g/mol. The fraction of sp³-hybridized carbons (Fsp3) is 0.500. The largest absolute Gasteiger partial charge is 0.386 e. The summed E-state index contributed by atoms with van der Waals surface area (Å²) in [5.74, 6) is 0.990. The molecule has 0 unspecified atom stereocenters. The summed E-state index contributed by atoms with van der Waals surface area (Å²) in [5, 5.41) is 3.06. The molecule has 2 fully saturated rings. The highest BCUT2D eigenvalue weighted by Gasteiger charge is 2.19. The molecular formula is C24H31F3N4O2. The summed E-state index contributed by atoms with van der Waals surface area (Å²) < 4.78 is 36.5. The number of benzene rings is 1. The molecule has 2 saturated heterocycles. The van der Waals surface area contributed by atoms with Gasteiger partial charge in [-0.1, -0.05) is 6.07 Å². The fourth-order valence-corrected chi connectivity index (χ4v) is 3.89. The first-order valence-corrected chi connectivity index (χ1v) is 11.2. The molecule has 3 heterocycles. The Balaban J connectivity index is 0.000000555. The number of carbonyl (C=O) groups is 1. The maximum Gasteiger partial charge on any atom is 0.386 e. The molecule has 0 saturated carbocycles. The third kappa shape index (κ3) is 7.63. The third-order valence-corrected chi connectivity index (χ3v) is 5.47. The van der Waals surface area contributed by atoms with Crippen molar-refractivity contribution in [3.05, 3.63) is 41.6 Å². The summed E-state index contributed by atoms with van der Waals surface area (Å²) in [4.78, 5) is 21.3. The quantitative estimate of drug-likeness (QED) is 0.661. The van der Waals surface area contributed by atoms with Gasteiger partial charge in [0.1, 0.15) is 5.82 Å². The Morgan fingerprint density at radius 2 is 1.67 bits per heavy atom. The fourth-order valence-electron chi connectivity index (χ4n) is 3.89. The molecule has 33 heavy (non-hydrogen) atoms. The first-order valence-electron chi connectivity index (χ1n) is 11.2. The van der Waals surface area contributed by atoms with E-state index in [0.29, 0.717) is 0 Å². The normalized spacial score (nSPS) is 16.3. The first-order chi connectivity index (χ1) is 15.6. The van der Waals surface area contributed by atoms with Crippen molar-refractivity contribution in [2.24, 2.45) is 0 Å². The van der Waals surface area contributed by atoms with Crippen LogP contribution >= 0.6 is 0 Å². The number of morpholine rings is 1. The van der Waals surface area contributed by atoms with Gasteiger partial charge in [0, 0.05) is 44.5 Å². The number of nitrogens with one attached hydrogen (secondary N) is 1. The number of likely N-dealkylation sites (tertiary alicyclic amines) is 1. The van der Waals surface area contributed by atoms with Gasteiger partial charge in [-0.05, 0) is 67.6 Å². The topological polar surface area (TPSA) is 57.7 Å². The Bertz CT molecular complexity index is 947. The molecule has 2 amide bonds. The van der Waals surface area contributed by atoms with Crippen molar-refractivity contribution in [2.45, 2.75) is 39.8 Å². The molecule has 180 valence electrons. The van der Waals surface area contributed by atoms with Gasteiger partial charge in [-0.3, -0.25) is 0 Å². The Hall–Kier alpha value is -2.81. The van der Waals surface area contributed by atoms with Gasteiger partial charge in [0.05, 0.1) is 13.2 Å². The number of nitrogens with zero attached hydrogens (tertiary/aromatic N) is 3. The standard InChI is InChI=1S/C22H28N4O2.C2H3F3/c1-16-5-6-19(24-22(27)26-7-3-4-8-26)15-20(16)18-13-17(2)23-21(14-18)25-9-11-28-12-10-25;1-2(3,4)5/h5-6,13-15H,3-4,7-12H2,1-2H3,(H,24,27);1H3. The molecule has 1 aromatic heterocycles. The van der Waals surface area contributed by atoms with Crippen molar-refractivity contribution in [3.63, 3.8) is 0 Å². The van der Waals surface area contributed by atoms with Gasteiger partial charge in [0.25, 0.3) is 0 Å². The Kier molecular flexibility index (Phi) is 8.18. The number of halogens is 3. The minimum absolute atomic E-state index is 0.00721.